The molecular weight excluding hydrogens is 266 g/mol. The summed E-state index contributed by atoms with van der Waals surface area (Å²) in [6.07, 6.45) is 3.50. The Morgan fingerprint density at radius 1 is 1.29 bits per heavy atom. The first kappa shape index (κ1) is 13.4. The van der Waals surface area contributed by atoms with E-state index in [1.807, 2.05) is 18.2 Å². The van der Waals surface area contributed by atoms with Gasteiger partial charge in [0.25, 0.3) is 0 Å². The van der Waals surface area contributed by atoms with Crippen LogP contribution in [0.5, 0.6) is 0 Å². The summed E-state index contributed by atoms with van der Waals surface area (Å²) < 4.78 is 5.19. The number of anilines is 1. The van der Waals surface area contributed by atoms with Gasteiger partial charge in [0, 0.05) is 22.0 Å². The Hall–Kier alpha value is -2.56. The Morgan fingerprint density at radius 3 is 2.90 bits per heavy atom. The predicted molar refractivity (Wildman–Crippen MR) is 83.2 cm³/mol. The minimum atomic E-state index is -0.386. The number of carbonyl (C=O) groups excluding carboxylic acids is 1. The number of benzene rings is 1. The Balaban J connectivity index is 2.00. The van der Waals surface area contributed by atoms with E-state index >= 15 is 0 Å². The van der Waals surface area contributed by atoms with Crippen LogP contribution in [0.15, 0.2) is 30.5 Å². The SMILES string of the molecule is CCCCOC(=O)c1cc2c(cn1)[nH]c1ccc(N)cc12. The zero-order valence-corrected chi connectivity index (χ0v) is 11.8. The number of nitrogen functional groups attached to an aromatic ring is 1. The molecule has 0 spiro atoms. The Bertz CT molecular complexity index is 808. The number of esters is 1. The molecule has 0 saturated carbocycles. The van der Waals surface area contributed by atoms with Gasteiger partial charge in [0.1, 0.15) is 5.69 Å². The van der Waals surface area contributed by atoms with Crippen LogP contribution >= 0.6 is 0 Å². The molecule has 0 fully saturated rings. The van der Waals surface area contributed by atoms with Crippen molar-refractivity contribution in [2.24, 2.45) is 0 Å². The van der Waals surface area contributed by atoms with Crippen LogP contribution in [0.3, 0.4) is 0 Å². The molecule has 3 aromatic rings. The zero-order valence-electron chi connectivity index (χ0n) is 11.8. The molecule has 0 aliphatic carbocycles. The van der Waals surface area contributed by atoms with Crippen molar-refractivity contribution >= 4 is 33.5 Å². The molecule has 0 saturated heterocycles. The number of unbranched alkanes of at least 4 members (excludes halogenated alkanes) is 1. The smallest absolute Gasteiger partial charge is 0.356 e. The van der Waals surface area contributed by atoms with Gasteiger partial charge in [-0.05, 0) is 30.7 Å². The largest absolute Gasteiger partial charge is 0.461 e. The van der Waals surface area contributed by atoms with Gasteiger partial charge in [-0.25, -0.2) is 9.78 Å². The molecule has 2 heterocycles. The normalized spacial score (nSPS) is 11.1. The number of hydrogen-bond donors (Lipinski definition) is 2. The number of rotatable bonds is 4. The maximum absolute atomic E-state index is 12.0. The van der Waals surface area contributed by atoms with Gasteiger partial charge in [-0.3, -0.25) is 0 Å². The molecular formula is C16H17N3O2. The highest BCUT2D eigenvalue weighted by atomic mass is 16.5. The lowest BCUT2D eigenvalue weighted by atomic mass is 10.1. The number of aromatic amines is 1. The number of nitrogens with one attached hydrogen (secondary N) is 1. The van der Waals surface area contributed by atoms with E-state index < -0.39 is 0 Å². The molecule has 21 heavy (non-hydrogen) atoms. The fourth-order valence-electron chi connectivity index (χ4n) is 2.31. The summed E-state index contributed by atoms with van der Waals surface area (Å²) in [7, 11) is 0. The van der Waals surface area contributed by atoms with Crippen LogP contribution in [-0.2, 0) is 4.74 Å². The van der Waals surface area contributed by atoms with E-state index in [2.05, 4.69) is 16.9 Å². The summed E-state index contributed by atoms with van der Waals surface area (Å²) in [5.74, 6) is -0.386. The van der Waals surface area contributed by atoms with Gasteiger partial charge in [0.2, 0.25) is 0 Å². The molecule has 3 rings (SSSR count). The number of hydrogen-bond acceptors (Lipinski definition) is 4. The lowest BCUT2D eigenvalue weighted by Gasteiger charge is -2.03. The minimum absolute atomic E-state index is 0.321. The van der Waals surface area contributed by atoms with Crippen molar-refractivity contribution in [3.63, 3.8) is 0 Å². The Labute approximate surface area is 122 Å². The van der Waals surface area contributed by atoms with Crippen molar-refractivity contribution in [1.29, 1.82) is 0 Å². The van der Waals surface area contributed by atoms with E-state index in [1.54, 1.807) is 12.3 Å². The topological polar surface area (TPSA) is 81.0 Å². The van der Waals surface area contributed by atoms with E-state index in [0.717, 1.165) is 34.6 Å². The number of ether oxygens (including phenoxy) is 1. The monoisotopic (exact) mass is 283 g/mol. The molecule has 0 atom stereocenters. The zero-order chi connectivity index (χ0) is 14.8. The van der Waals surface area contributed by atoms with Crippen LogP contribution in [0.1, 0.15) is 30.3 Å². The number of nitrogens with zero attached hydrogens (tertiary/aromatic N) is 1. The highest BCUT2D eigenvalue weighted by Crippen LogP contribution is 2.27. The van der Waals surface area contributed by atoms with Gasteiger partial charge in [-0.15, -0.1) is 0 Å². The molecule has 5 heteroatoms. The fourth-order valence-corrected chi connectivity index (χ4v) is 2.31. The van der Waals surface area contributed by atoms with Gasteiger partial charge in [0.05, 0.1) is 18.3 Å². The molecule has 5 nitrogen and oxygen atoms in total. The second-order valence-corrected chi connectivity index (χ2v) is 5.03. The molecule has 0 bridgehead atoms. The van der Waals surface area contributed by atoms with Gasteiger partial charge in [-0.2, -0.15) is 0 Å². The van der Waals surface area contributed by atoms with E-state index in [9.17, 15) is 4.79 Å². The maximum atomic E-state index is 12.0. The van der Waals surface area contributed by atoms with Crippen LogP contribution in [0.2, 0.25) is 0 Å². The van der Waals surface area contributed by atoms with Crippen LogP contribution in [0, 0.1) is 0 Å². The highest BCUT2D eigenvalue weighted by molar-refractivity contribution is 6.09. The third kappa shape index (κ3) is 2.54. The molecule has 0 radical (unpaired) electrons. The third-order valence-electron chi connectivity index (χ3n) is 3.45. The average Bonchev–Trinajstić information content (AvgIpc) is 2.84. The number of pyridine rings is 1. The van der Waals surface area contributed by atoms with Crippen molar-refractivity contribution in [1.82, 2.24) is 9.97 Å². The van der Waals surface area contributed by atoms with E-state index in [4.69, 9.17) is 10.5 Å². The van der Waals surface area contributed by atoms with Crippen LogP contribution in [0.4, 0.5) is 5.69 Å². The third-order valence-corrected chi connectivity index (χ3v) is 3.45. The minimum Gasteiger partial charge on any atom is -0.461 e. The van der Waals surface area contributed by atoms with Crippen LogP contribution in [0.25, 0.3) is 21.8 Å². The van der Waals surface area contributed by atoms with Crippen LogP contribution < -0.4 is 5.73 Å². The summed E-state index contributed by atoms with van der Waals surface area (Å²) in [5, 5.41) is 1.91. The van der Waals surface area contributed by atoms with Crippen molar-refractivity contribution in [3.05, 3.63) is 36.2 Å². The second-order valence-electron chi connectivity index (χ2n) is 5.03. The van der Waals surface area contributed by atoms with Gasteiger partial charge < -0.3 is 15.5 Å². The molecule has 0 unspecified atom stereocenters. The summed E-state index contributed by atoms with van der Waals surface area (Å²) in [6, 6.07) is 7.40. The highest BCUT2D eigenvalue weighted by Gasteiger charge is 2.12. The predicted octanol–water partition coefficient (Wildman–Crippen LogP) is 3.26. The number of aromatic nitrogens is 2. The molecule has 108 valence electrons. The van der Waals surface area contributed by atoms with Gasteiger partial charge in [0.15, 0.2) is 0 Å². The Morgan fingerprint density at radius 2 is 2.10 bits per heavy atom. The lowest BCUT2D eigenvalue weighted by Crippen LogP contribution is -2.08. The number of fused-ring (bicyclic) bond motifs is 3. The second kappa shape index (κ2) is 5.44. The molecule has 0 amide bonds. The fraction of sp³-hybridized carbons (Fsp3) is 0.250. The quantitative estimate of drug-likeness (QED) is 0.437. The van der Waals surface area contributed by atoms with Gasteiger partial charge >= 0.3 is 5.97 Å². The number of H-pyrrole nitrogens is 1. The molecule has 3 N–H and O–H groups in total. The standard InChI is InChI=1S/C16H17N3O2/c1-2-3-6-21-16(20)14-8-12-11-7-10(17)4-5-13(11)19-15(12)9-18-14/h4-5,7-9,19H,2-3,6,17H2,1H3. The molecule has 1 aromatic carbocycles. The van der Waals surface area contributed by atoms with E-state index in [-0.39, 0.29) is 5.97 Å². The first-order chi connectivity index (χ1) is 10.2. The molecule has 2 aromatic heterocycles. The summed E-state index contributed by atoms with van der Waals surface area (Å²) in [4.78, 5) is 19.4. The summed E-state index contributed by atoms with van der Waals surface area (Å²) >= 11 is 0. The summed E-state index contributed by atoms with van der Waals surface area (Å²) in [5.41, 5.74) is 8.69. The molecule has 0 aliphatic heterocycles. The number of nitrogens with two attached hydrogens (primary N) is 1. The van der Waals surface area contributed by atoms with Crippen molar-refractivity contribution in [2.45, 2.75) is 19.8 Å². The van der Waals surface area contributed by atoms with Crippen molar-refractivity contribution in [3.8, 4) is 0 Å². The first-order valence-corrected chi connectivity index (χ1v) is 7.03. The Kier molecular flexibility index (Phi) is 3.48. The molecule has 0 aliphatic rings. The number of carbonyl (C=O) groups is 1. The van der Waals surface area contributed by atoms with Gasteiger partial charge in [-0.1, -0.05) is 13.3 Å². The van der Waals surface area contributed by atoms with E-state index in [0.29, 0.717) is 18.0 Å². The first-order valence-electron chi connectivity index (χ1n) is 7.03. The van der Waals surface area contributed by atoms with Crippen LogP contribution in [-0.4, -0.2) is 22.5 Å². The van der Waals surface area contributed by atoms with Crippen molar-refractivity contribution < 1.29 is 9.53 Å². The van der Waals surface area contributed by atoms with E-state index in [1.165, 1.54) is 0 Å². The average molecular weight is 283 g/mol. The van der Waals surface area contributed by atoms with Crippen molar-refractivity contribution in [2.75, 3.05) is 12.3 Å². The lowest BCUT2D eigenvalue weighted by molar-refractivity contribution is 0.0493. The maximum Gasteiger partial charge on any atom is 0.356 e. The summed E-state index contributed by atoms with van der Waals surface area (Å²) in [6.45, 7) is 2.48.